The van der Waals surface area contributed by atoms with Crippen LogP contribution in [-0.2, 0) is 16.1 Å². The second-order valence-corrected chi connectivity index (χ2v) is 9.98. The van der Waals surface area contributed by atoms with Gasteiger partial charge in [0.15, 0.2) is 6.61 Å². The smallest absolute Gasteiger partial charge is 0.261 e. The van der Waals surface area contributed by atoms with Crippen molar-refractivity contribution in [1.82, 2.24) is 10.2 Å². The van der Waals surface area contributed by atoms with E-state index in [0.29, 0.717) is 15.8 Å². The molecule has 0 spiro atoms. The summed E-state index contributed by atoms with van der Waals surface area (Å²) in [5.41, 5.74) is 1.37. The number of halogens is 2. The van der Waals surface area contributed by atoms with Crippen molar-refractivity contribution >= 4 is 35.0 Å². The van der Waals surface area contributed by atoms with E-state index in [1.165, 1.54) is 4.90 Å². The van der Waals surface area contributed by atoms with Crippen molar-refractivity contribution in [3.63, 3.8) is 0 Å². The maximum atomic E-state index is 13.2. The summed E-state index contributed by atoms with van der Waals surface area (Å²) in [4.78, 5) is 27.6. The molecule has 0 radical (unpaired) electrons. The van der Waals surface area contributed by atoms with Crippen molar-refractivity contribution in [2.24, 2.45) is 0 Å². The molecule has 0 bridgehead atoms. The Labute approximate surface area is 201 Å². The van der Waals surface area contributed by atoms with E-state index in [9.17, 15) is 9.59 Å². The Hall–Kier alpha value is -2.24. The minimum atomic E-state index is -0.708. The summed E-state index contributed by atoms with van der Waals surface area (Å²) in [6.07, 6.45) is 0. The van der Waals surface area contributed by atoms with E-state index >= 15 is 0 Å². The van der Waals surface area contributed by atoms with Crippen molar-refractivity contribution in [3.05, 3.63) is 63.6 Å². The van der Waals surface area contributed by atoms with Gasteiger partial charge in [-0.1, -0.05) is 61.3 Å². The summed E-state index contributed by atoms with van der Waals surface area (Å²) in [7, 11) is 0. The molecule has 1 atom stereocenters. The molecule has 0 aliphatic heterocycles. The number of carbonyl (C=O) groups is 2. The van der Waals surface area contributed by atoms with Gasteiger partial charge >= 0.3 is 0 Å². The van der Waals surface area contributed by atoms with E-state index in [-0.39, 0.29) is 30.9 Å². The molecule has 0 unspecified atom stereocenters. The highest BCUT2D eigenvalue weighted by Gasteiger charge is 2.29. The monoisotopic (exact) mass is 478 g/mol. The molecular formula is C25H32Cl2N2O3. The van der Waals surface area contributed by atoms with Crippen LogP contribution in [0.15, 0.2) is 42.5 Å². The number of ether oxygens (including phenoxy) is 1. The number of carbonyl (C=O) groups excluding carboxylic acids is 2. The van der Waals surface area contributed by atoms with Crippen LogP contribution in [0.1, 0.15) is 58.6 Å². The normalized spacial score (nSPS) is 12.4. The van der Waals surface area contributed by atoms with Crippen LogP contribution in [-0.4, -0.2) is 34.9 Å². The number of nitrogens with one attached hydrogen (secondary N) is 1. The van der Waals surface area contributed by atoms with E-state index in [2.05, 4.69) is 19.2 Å². The molecule has 0 aromatic heterocycles. The zero-order valence-electron chi connectivity index (χ0n) is 19.5. The number of para-hydroxylation sites is 1. The highest BCUT2D eigenvalue weighted by atomic mass is 35.5. The van der Waals surface area contributed by atoms with Crippen molar-refractivity contribution in [1.29, 1.82) is 0 Å². The number of rotatable bonds is 8. The number of hydrogen-bond acceptors (Lipinski definition) is 3. The Bertz CT molecular complexity index is 954. The Balaban J connectivity index is 2.25. The molecule has 2 amide bonds. The first-order chi connectivity index (χ1) is 14.9. The molecule has 2 aromatic rings. The minimum absolute atomic E-state index is 0.182. The van der Waals surface area contributed by atoms with Crippen LogP contribution in [0.2, 0.25) is 10.0 Å². The molecule has 0 fully saturated rings. The fourth-order valence-electron chi connectivity index (χ4n) is 3.20. The average Bonchev–Trinajstić information content (AvgIpc) is 2.71. The van der Waals surface area contributed by atoms with Crippen LogP contribution >= 0.6 is 23.2 Å². The Morgan fingerprint density at radius 1 is 1.03 bits per heavy atom. The summed E-state index contributed by atoms with van der Waals surface area (Å²) < 4.78 is 5.88. The lowest BCUT2D eigenvalue weighted by Crippen LogP contribution is -2.53. The predicted octanol–water partition coefficient (Wildman–Crippen LogP) is 5.83. The van der Waals surface area contributed by atoms with E-state index in [1.807, 2.05) is 45.0 Å². The van der Waals surface area contributed by atoms with Gasteiger partial charge in [0.1, 0.15) is 11.8 Å². The third-order valence-electron chi connectivity index (χ3n) is 4.89. The van der Waals surface area contributed by atoms with E-state index in [4.69, 9.17) is 27.9 Å². The second-order valence-electron chi connectivity index (χ2n) is 9.17. The Morgan fingerprint density at radius 3 is 2.28 bits per heavy atom. The summed E-state index contributed by atoms with van der Waals surface area (Å²) in [5.74, 6) is 0.377. The molecule has 0 aliphatic rings. The maximum absolute atomic E-state index is 13.2. The first-order valence-corrected chi connectivity index (χ1v) is 11.4. The molecule has 2 rings (SSSR count). The van der Waals surface area contributed by atoms with Crippen LogP contribution in [0.5, 0.6) is 5.75 Å². The van der Waals surface area contributed by atoms with Gasteiger partial charge in [-0.25, -0.2) is 0 Å². The number of hydrogen-bond donors (Lipinski definition) is 1. The number of nitrogens with zero attached hydrogens (tertiary/aromatic N) is 1. The van der Waals surface area contributed by atoms with E-state index in [0.717, 1.165) is 11.1 Å². The van der Waals surface area contributed by atoms with Crippen molar-refractivity contribution in [2.45, 2.75) is 65.6 Å². The van der Waals surface area contributed by atoms with Gasteiger partial charge in [0, 0.05) is 12.1 Å². The fourth-order valence-corrected chi connectivity index (χ4v) is 3.52. The van der Waals surface area contributed by atoms with Gasteiger partial charge in [-0.3, -0.25) is 9.59 Å². The Kier molecular flexibility index (Phi) is 8.99. The van der Waals surface area contributed by atoms with Crippen molar-refractivity contribution in [2.75, 3.05) is 6.61 Å². The lowest BCUT2D eigenvalue weighted by Gasteiger charge is -2.31. The van der Waals surface area contributed by atoms with Gasteiger partial charge in [0.05, 0.1) is 10.0 Å². The van der Waals surface area contributed by atoms with Gasteiger partial charge < -0.3 is 15.0 Å². The van der Waals surface area contributed by atoms with Crippen LogP contribution < -0.4 is 10.1 Å². The topological polar surface area (TPSA) is 58.6 Å². The summed E-state index contributed by atoms with van der Waals surface area (Å²) in [5, 5.41) is 3.76. The summed E-state index contributed by atoms with van der Waals surface area (Å²) in [6, 6.07) is 12.1. The molecule has 5 nitrogen and oxygen atoms in total. The van der Waals surface area contributed by atoms with E-state index < -0.39 is 11.6 Å². The molecule has 0 heterocycles. The largest absolute Gasteiger partial charge is 0.483 e. The second kappa shape index (κ2) is 11.1. The predicted molar refractivity (Wildman–Crippen MR) is 130 cm³/mol. The molecule has 32 heavy (non-hydrogen) atoms. The molecule has 174 valence electrons. The lowest BCUT2D eigenvalue weighted by molar-refractivity contribution is -0.142. The van der Waals surface area contributed by atoms with Gasteiger partial charge in [-0.15, -0.1) is 0 Å². The minimum Gasteiger partial charge on any atom is -0.483 e. The van der Waals surface area contributed by atoms with Gasteiger partial charge in [-0.2, -0.15) is 0 Å². The van der Waals surface area contributed by atoms with Gasteiger partial charge in [0.2, 0.25) is 5.91 Å². The number of benzene rings is 2. The molecule has 2 aromatic carbocycles. The Morgan fingerprint density at radius 2 is 1.69 bits per heavy atom. The van der Waals surface area contributed by atoms with Gasteiger partial charge in [0.25, 0.3) is 5.91 Å². The van der Waals surface area contributed by atoms with Crippen molar-refractivity contribution < 1.29 is 14.3 Å². The average molecular weight is 479 g/mol. The zero-order valence-corrected chi connectivity index (χ0v) is 21.1. The molecule has 7 heteroatoms. The van der Waals surface area contributed by atoms with E-state index in [1.54, 1.807) is 25.1 Å². The first kappa shape index (κ1) is 26.0. The summed E-state index contributed by atoms with van der Waals surface area (Å²) >= 11 is 12.2. The SMILES string of the molecule is CC(C)c1ccccc1OCC(=O)N(Cc1ccc(Cl)c(Cl)c1)[C@@H](C)C(=O)NC(C)(C)C. The molecule has 1 N–H and O–H groups in total. The molecule has 0 aliphatic carbocycles. The molecule has 0 saturated carbocycles. The third kappa shape index (κ3) is 7.42. The van der Waals surface area contributed by atoms with Crippen LogP contribution in [0.4, 0.5) is 0 Å². The first-order valence-electron chi connectivity index (χ1n) is 10.7. The highest BCUT2D eigenvalue weighted by Crippen LogP contribution is 2.26. The van der Waals surface area contributed by atoms with Crippen LogP contribution in [0, 0.1) is 0 Å². The zero-order chi connectivity index (χ0) is 24.1. The number of amides is 2. The fraction of sp³-hybridized carbons (Fsp3) is 0.440. The molecule has 0 saturated heterocycles. The lowest BCUT2D eigenvalue weighted by atomic mass is 10.0. The summed E-state index contributed by atoms with van der Waals surface area (Å²) in [6.45, 7) is 11.6. The van der Waals surface area contributed by atoms with Crippen molar-refractivity contribution in [3.8, 4) is 5.75 Å². The highest BCUT2D eigenvalue weighted by molar-refractivity contribution is 6.42. The van der Waals surface area contributed by atoms with Crippen LogP contribution in [0.25, 0.3) is 0 Å². The standard InChI is InChI=1S/C25H32Cl2N2O3/c1-16(2)19-9-7-8-10-22(19)32-15-23(30)29(17(3)24(31)28-25(4,5)6)14-18-11-12-20(26)21(27)13-18/h7-13,16-17H,14-15H2,1-6H3,(H,28,31)/t17-/m0/s1. The van der Waals surface area contributed by atoms with Gasteiger partial charge in [-0.05, 0) is 62.9 Å². The molecular weight excluding hydrogens is 447 g/mol. The third-order valence-corrected chi connectivity index (χ3v) is 5.63. The quantitative estimate of drug-likeness (QED) is 0.519. The van der Waals surface area contributed by atoms with Crippen LogP contribution in [0.3, 0.4) is 0 Å². The maximum Gasteiger partial charge on any atom is 0.261 e.